The van der Waals surface area contributed by atoms with Crippen molar-refractivity contribution in [3.8, 4) is 5.69 Å². The van der Waals surface area contributed by atoms with E-state index < -0.39 is 0 Å². The second kappa shape index (κ2) is 7.55. The van der Waals surface area contributed by atoms with Crippen LogP contribution in [0.1, 0.15) is 22.5 Å². The first-order valence-corrected chi connectivity index (χ1v) is 10.1. The van der Waals surface area contributed by atoms with Crippen LogP contribution in [0.15, 0.2) is 41.4 Å². The van der Waals surface area contributed by atoms with Gasteiger partial charge in [-0.3, -0.25) is 9.36 Å². The molecule has 3 aromatic heterocycles. The monoisotopic (exact) mass is 438 g/mol. The number of hydrogen-bond donors (Lipinski definition) is 2. The van der Waals surface area contributed by atoms with Gasteiger partial charge in [-0.1, -0.05) is 16.8 Å². The van der Waals surface area contributed by atoms with Gasteiger partial charge in [0.15, 0.2) is 11.6 Å². The molecule has 0 saturated carbocycles. The molecule has 0 unspecified atom stereocenters. The fraction of sp³-hybridized carbons (Fsp3) is 0.250. The average Bonchev–Trinajstić information content (AvgIpc) is 3.50. The van der Waals surface area contributed by atoms with Crippen molar-refractivity contribution >= 4 is 40.1 Å². The maximum Gasteiger partial charge on any atom is 0.253 e. The van der Waals surface area contributed by atoms with Crippen molar-refractivity contribution in [1.29, 1.82) is 0 Å². The van der Waals surface area contributed by atoms with E-state index >= 15 is 0 Å². The number of carbonyl (C=O) groups is 1. The number of fused-ring (bicyclic) bond motifs is 1. The van der Waals surface area contributed by atoms with Crippen LogP contribution in [0.2, 0.25) is 5.02 Å². The lowest BCUT2D eigenvalue weighted by molar-refractivity contribution is 0.0940. The predicted molar refractivity (Wildman–Crippen MR) is 115 cm³/mol. The SMILES string of the molecule is Cc1cc2c(N)noc2c(N2CC[C@@H](NC(=O)c3ccc(-n4cnnc4)cc3Cl)C2)n1. The highest BCUT2D eigenvalue weighted by Crippen LogP contribution is 2.31. The fourth-order valence-corrected chi connectivity index (χ4v) is 4.06. The third-order valence-electron chi connectivity index (χ3n) is 5.33. The Morgan fingerprint density at radius 1 is 1.29 bits per heavy atom. The molecule has 4 heterocycles. The lowest BCUT2D eigenvalue weighted by Crippen LogP contribution is -2.37. The molecule has 4 aromatic rings. The lowest BCUT2D eigenvalue weighted by Gasteiger charge is -2.18. The zero-order valence-corrected chi connectivity index (χ0v) is 17.4. The lowest BCUT2D eigenvalue weighted by atomic mass is 10.1. The van der Waals surface area contributed by atoms with Crippen molar-refractivity contribution in [2.75, 3.05) is 23.7 Å². The van der Waals surface area contributed by atoms with Crippen molar-refractivity contribution in [3.63, 3.8) is 0 Å². The molecule has 11 heteroatoms. The Kier molecular flexibility index (Phi) is 4.70. The van der Waals surface area contributed by atoms with Crippen molar-refractivity contribution in [2.24, 2.45) is 0 Å². The Hall–Kier alpha value is -3.66. The Morgan fingerprint density at radius 3 is 2.87 bits per heavy atom. The Balaban J connectivity index is 1.31. The molecule has 1 fully saturated rings. The summed E-state index contributed by atoms with van der Waals surface area (Å²) in [5, 5.41) is 15.6. The smallest absolute Gasteiger partial charge is 0.253 e. The van der Waals surface area contributed by atoms with Crippen LogP contribution in [0.5, 0.6) is 0 Å². The van der Waals surface area contributed by atoms with Gasteiger partial charge >= 0.3 is 0 Å². The minimum atomic E-state index is -0.224. The van der Waals surface area contributed by atoms with Crippen LogP contribution in [0.25, 0.3) is 16.7 Å². The molecule has 1 aliphatic heterocycles. The maximum absolute atomic E-state index is 12.8. The molecule has 31 heavy (non-hydrogen) atoms. The minimum absolute atomic E-state index is 0.0567. The van der Waals surface area contributed by atoms with Crippen molar-refractivity contribution in [2.45, 2.75) is 19.4 Å². The summed E-state index contributed by atoms with van der Waals surface area (Å²) < 4.78 is 7.11. The maximum atomic E-state index is 12.8. The second-order valence-corrected chi connectivity index (χ2v) is 7.88. The summed E-state index contributed by atoms with van der Waals surface area (Å²) in [6.07, 6.45) is 3.90. The number of halogens is 1. The molecule has 0 radical (unpaired) electrons. The Labute approximate surface area is 182 Å². The predicted octanol–water partition coefficient (Wildman–Crippen LogP) is 2.36. The number of anilines is 2. The topological polar surface area (TPSA) is 128 Å². The zero-order chi connectivity index (χ0) is 21.5. The first kappa shape index (κ1) is 19.3. The molecule has 1 aliphatic rings. The van der Waals surface area contributed by atoms with Gasteiger partial charge in [0.25, 0.3) is 5.91 Å². The first-order chi connectivity index (χ1) is 15.0. The molecule has 3 N–H and O–H groups in total. The number of nitrogens with two attached hydrogens (primary N) is 1. The summed E-state index contributed by atoms with van der Waals surface area (Å²) in [7, 11) is 0. The standard InChI is InChI=1S/C20H19ClN8O2/c1-11-6-15-17(31-27-18(15)22)19(25-11)28-5-4-12(8-28)26-20(30)14-3-2-13(7-16(14)21)29-9-23-24-10-29/h2-3,6-7,9-10,12H,4-5,8H2,1H3,(H2,22,27)(H,26,30)/t12-/m1/s1. The quantitative estimate of drug-likeness (QED) is 0.497. The molecule has 1 amide bonds. The van der Waals surface area contributed by atoms with Crippen LogP contribution in [-0.2, 0) is 0 Å². The Morgan fingerprint density at radius 2 is 2.10 bits per heavy atom. The summed E-state index contributed by atoms with van der Waals surface area (Å²) in [5.74, 6) is 0.807. The zero-order valence-electron chi connectivity index (χ0n) is 16.6. The van der Waals surface area contributed by atoms with Gasteiger partial charge in [-0.05, 0) is 37.6 Å². The molecule has 1 atom stereocenters. The number of amides is 1. The van der Waals surface area contributed by atoms with E-state index in [9.17, 15) is 4.79 Å². The fourth-order valence-electron chi connectivity index (χ4n) is 3.80. The number of rotatable bonds is 4. The summed E-state index contributed by atoms with van der Waals surface area (Å²) in [4.78, 5) is 19.5. The van der Waals surface area contributed by atoms with Gasteiger partial charge < -0.3 is 20.5 Å². The third kappa shape index (κ3) is 3.55. The van der Waals surface area contributed by atoms with Crippen LogP contribution < -0.4 is 16.0 Å². The Bertz CT molecular complexity index is 1270. The normalized spacial score (nSPS) is 16.2. The van der Waals surface area contributed by atoms with E-state index in [0.717, 1.165) is 29.7 Å². The van der Waals surface area contributed by atoms with Gasteiger partial charge in [0, 0.05) is 30.5 Å². The van der Waals surface area contributed by atoms with Crippen molar-refractivity contribution < 1.29 is 9.32 Å². The summed E-state index contributed by atoms with van der Waals surface area (Å²) in [6, 6.07) is 7.00. The van der Waals surface area contributed by atoms with Crippen LogP contribution in [0.4, 0.5) is 11.6 Å². The molecule has 10 nitrogen and oxygen atoms in total. The largest absolute Gasteiger partial charge is 0.380 e. The van der Waals surface area contributed by atoms with Gasteiger partial charge in [0.05, 0.1) is 16.0 Å². The second-order valence-electron chi connectivity index (χ2n) is 7.47. The van der Waals surface area contributed by atoms with Gasteiger partial charge in [-0.2, -0.15) is 0 Å². The molecule has 1 saturated heterocycles. The molecular weight excluding hydrogens is 420 g/mol. The van der Waals surface area contributed by atoms with E-state index in [-0.39, 0.29) is 11.9 Å². The summed E-state index contributed by atoms with van der Waals surface area (Å²) in [6.45, 7) is 3.21. The highest BCUT2D eigenvalue weighted by Gasteiger charge is 2.28. The van der Waals surface area contributed by atoms with Gasteiger partial charge in [0.1, 0.15) is 12.7 Å². The minimum Gasteiger partial charge on any atom is -0.380 e. The third-order valence-corrected chi connectivity index (χ3v) is 5.64. The van der Waals surface area contributed by atoms with E-state index in [1.807, 2.05) is 13.0 Å². The number of nitrogens with one attached hydrogen (secondary N) is 1. The molecule has 0 aliphatic carbocycles. The van der Waals surface area contributed by atoms with Crippen LogP contribution in [0.3, 0.4) is 0 Å². The van der Waals surface area contributed by atoms with E-state index in [2.05, 4.69) is 30.6 Å². The molecule has 1 aromatic carbocycles. The number of aromatic nitrogens is 5. The number of nitrogens with zero attached hydrogens (tertiary/aromatic N) is 6. The number of aryl methyl sites for hydroxylation is 1. The molecule has 0 bridgehead atoms. The number of hydrogen-bond acceptors (Lipinski definition) is 8. The van der Waals surface area contributed by atoms with E-state index in [4.69, 9.17) is 21.9 Å². The van der Waals surface area contributed by atoms with Crippen LogP contribution in [-0.4, -0.2) is 49.9 Å². The van der Waals surface area contributed by atoms with E-state index in [1.165, 1.54) is 0 Å². The molecular formula is C20H19ClN8O2. The van der Waals surface area contributed by atoms with E-state index in [1.54, 1.807) is 35.4 Å². The number of nitrogen functional groups attached to an aromatic ring is 1. The number of benzene rings is 1. The molecule has 0 spiro atoms. The van der Waals surface area contributed by atoms with Gasteiger partial charge in [-0.15, -0.1) is 10.2 Å². The number of carbonyl (C=O) groups excluding carboxylic acids is 1. The highest BCUT2D eigenvalue weighted by atomic mass is 35.5. The summed E-state index contributed by atoms with van der Waals surface area (Å²) >= 11 is 6.37. The summed E-state index contributed by atoms with van der Waals surface area (Å²) in [5.41, 5.74) is 8.47. The number of pyridine rings is 1. The van der Waals surface area contributed by atoms with Crippen molar-refractivity contribution in [1.82, 2.24) is 30.2 Å². The first-order valence-electron chi connectivity index (χ1n) is 9.72. The van der Waals surface area contributed by atoms with Gasteiger partial charge in [-0.25, -0.2) is 4.98 Å². The van der Waals surface area contributed by atoms with Crippen molar-refractivity contribution in [3.05, 3.63) is 53.2 Å². The molecule has 158 valence electrons. The van der Waals surface area contributed by atoms with Crippen LogP contribution >= 0.6 is 11.6 Å². The van der Waals surface area contributed by atoms with Gasteiger partial charge in [0.2, 0.25) is 5.58 Å². The van der Waals surface area contributed by atoms with Crippen LogP contribution in [0, 0.1) is 6.92 Å². The average molecular weight is 439 g/mol. The highest BCUT2D eigenvalue weighted by molar-refractivity contribution is 6.34. The van der Waals surface area contributed by atoms with E-state index in [0.29, 0.717) is 34.3 Å². The molecule has 5 rings (SSSR count).